The number of aliphatic imine (C=N–C) groups is 1. The number of carbonyl (C=O) groups is 1. The van der Waals surface area contributed by atoms with E-state index in [-0.39, 0.29) is 12.1 Å². The second-order valence-corrected chi connectivity index (χ2v) is 6.36. The topological polar surface area (TPSA) is 105 Å². The summed E-state index contributed by atoms with van der Waals surface area (Å²) in [6, 6.07) is 10.7. The highest BCUT2D eigenvalue weighted by Gasteiger charge is 2.24. The smallest absolute Gasteiger partial charge is 0.324 e. The fraction of sp³-hybridized carbons (Fsp3) is 0.0588. The number of nitrogens with zero attached hydrogens (tertiary/aromatic N) is 3. The molecule has 2 amide bonds. The number of carbonyl (C=O) groups excluding carboxylic acids is 1. The van der Waals surface area contributed by atoms with Crippen LogP contribution in [-0.4, -0.2) is 22.2 Å². The van der Waals surface area contributed by atoms with Crippen molar-refractivity contribution in [2.24, 2.45) is 4.99 Å². The lowest BCUT2D eigenvalue weighted by molar-refractivity contribution is 0.262. The van der Waals surface area contributed by atoms with Crippen LogP contribution >= 0.6 is 11.3 Å². The number of fused-ring (bicyclic) bond motifs is 1. The van der Waals surface area contributed by atoms with Gasteiger partial charge in [-0.05, 0) is 35.2 Å². The van der Waals surface area contributed by atoms with Crippen LogP contribution in [0.5, 0.6) is 0 Å². The van der Waals surface area contributed by atoms with Crippen molar-refractivity contribution < 1.29 is 4.79 Å². The van der Waals surface area contributed by atoms with Crippen LogP contribution in [0.3, 0.4) is 0 Å². The Morgan fingerprint density at radius 1 is 1.12 bits per heavy atom. The maximum absolute atomic E-state index is 12.0. The zero-order valence-corrected chi connectivity index (χ0v) is 13.8. The molecular weight excluding hydrogens is 336 g/mol. The summed E-state index contributed by atoms with van der Waals surface area (Å²) in [4.78, 5) is 24.7. The summed E-state index contributed by atoms with van der Waals surface area (Å²) in [6.07, 6.45) is 3.15. The Kier molecular flexibility index (Phi) is 3.87. The lowest BCUT2D eigenvalue weighted by Gasteiger charge is -2.11. The van der Waals surface area contributed by atoms with Gasteiger partial charge in [0.15, 0.2) is 0 Å². The van der Waals surface area contributed by atoms with E-state index in [1.807, 2.05) is 41.8 Å². The van der Waals surface area contributed by atoms with E-state index < -0.39 is 0 Å². The molecule has 0 fully saturated rings. The number of nitrogens with one attached hydrogen (secondary N) is 2. The first-order valence-corrected chi connectivity index (χ1v) is 8.44. The molecule has 2 aromatic heterocycles. The summed E-state index contributed by atoms with van der Waals surface area (Å²) < 4.78 is 0. The van der Waals surface area contributed by atoms with Gasteiger partial charge in [0.05, 0.1) is 16.3 Å². The van der Waals surface area contributed by atoms with Crippen LogP contribution < -0.4 is 16.4 Å². The van der Waals surface area contributed by atoms with Gasteiger partial charge in [-0.15, -0.1) is 11.3 Å². The molecule has 7 nitrogen and oxygen atoms in total. The molecule has 3 aromatic rings. The number of rotatable bonds is 3. The van der Waals surface area contributed by atoms with Crippen LogP contribution in [0.2, 0.25) is 0 Å². The van der Waals surface area contributed by atoms with Crippen LogP contribution in [0.15, 0.2) is 53.1 Å². The Morgan fingerprint density at radius 3 is 2.72 bits per heavy atom. The Bertz CT molecular complexity index is 936. The van der Waals surface area contributed by atoms with Gasteiger partial charge in [-0.25, -0.2) is 14.8 Å². The normalized spacial score (nSPS) is 15.0. The molecule has 25 heavy (non-hydrogen) atoms. The molecular formula is C17H14N6OS. The minimum atomic E-state index is -0.278. The molecule has 0 spiro atoms. The standard InChI is InChI=1S/C17H14N6OS/c18-16-12-8-19-14(15(12)20-9-21-16)10-3-5-11(6-4-10)22-17(24)23-13-2-1-7-25-13/h1-9,14H,(H2,18,20,21)(H2,22,23,24)/t14-/m0/s1. The Balaban J connectivity index is 1.47. The van der Waals surface area contributed by atoms with Gasteiger partial charge in [0.25, 0.3) is 0 Å². The lowest BCUT2D eigenvalue weighted by Crippen LogP contribution is -2.18. The van der Waals surface area contributed by atoms with E-state index in [2.05, 4.69) is 25.6 Å². The minimum absolute atomic E-state index is 0.200. The SMILES string of the molecule is Nc1ncnc2c1C=N[C@H]2c1ccc(NC(=O)Nc2cccs2)cc1. The molecule has 1 aliphatic heterocycles. The summed E-state index contributed by atoms with van der Waals surface area (Å²) in [5.74, 6) is 0.430. The van der Waals surface area contributed by atoms with Crippen LogP contribution in [0.4, 0.5) is 21.3 Å². The van der Waals surface area contributed by atoms with Crippen molar-refractivity contribution in [2.75, 3.05) is 16.4 Å². The summed E-state index contributed by atoms with van der Waals surface area (Å²) >= 11 is 1.47. The van der Waals surface area contributed by atoms with Crippen molar-refractivity contribution >= 4 is 40.1 Å². The fourth-order valence-corrected chi connectivity index (χ4v) is 3.22. The largest absolute Gasteiger partial charge is 0.383 e. The molecule has 0 bridgehead atoms. The predicted octanol–water partition coefficient (Wildman–Crippen LogP) is 3.29. The van der Waals surface area contributed by atoms with E-state index in [0.717, 1.165) is 21.8 Å². The monoisotopic (exact) mass is 350 g/mol. The molecule has 0 radical (unpaired) electrons. The van der Waals surface area contributed by atoms with E-state index in [1.165, 1.54) is 17.7 Å². The van der Waals surface area contributed by atoms with Gasteiger partial charge in [-0.3, -0.25) is 10.3 Å². The Morgan fingerprint density at radius 2 is 1.96 bits per heavy atom. The van der Waals surface area contributed by atoms with Crippen molar-refractivity contribution in [1.82, 2.24) is 9.97 Å². The minimum Gasteiger partial charge on any atom is -0.383 e. The van der Waals surface area contributed by atoms with Crippen LogP contribution in [0.25, 0.3) is 0 Å². The maximum atomic E-state index is 12.0. The molecule has 1 aliphatic rings. The van der Waals surface area contributed by atoms with Gasteiger partial charge in [0.1, 0.15) is 18.2 Å². The van der Waals surface area contributed by atoms with Gasteiger partial charge in [0, 0.05) is 11.9 Å². The highest BCUT2D eigenvalue weighted by Crippen LogP contribution is 2.32. The molecule has 3 heterocycles. The van der Waals surface area contributed by atoms with Gasteiger partial charge >= 0.3 is 6.03 Å². The zero-order chi connectivity index (χ0) is 17.2. The third kappa shape index (κ3) is 3.07. The van der Waals surface area contributed by atoms with Gasteiger partial charge in [-0.1, -0.05) is 12.1 Å². The average molecular weight is 350 g/mol. The van der Waals surface area contributed by atoms with E-state index in [1.54, 1.807) is 6.21 Å². The summed E-state index contributed by atoms with van der Waals surface area (Å²) in [6.45, 7) is 0. The Hall–Kier alpha value is -3.26. The van der Waals surface area contributed by atoms with Crippen molar-refractivity contribution in [3.05, 3.63) is 64.9 Å². The molecule has 1 aromatic carbocycles. The maximum Gasteiger partial charge on any atom is 0.324 e. The molecule has 4 rings (SSSR count). The molecule has 0 saturated heterocycles. The number of amides is 2. The van der Waals surface area contributed by atoms with Crippen molar-refractivity contribution in [2.45, 2.75) is 6.04 Å². The van der Waals surface area contributed by atoms with E-state index >= 15 is 0 Å². The number of hydrogen-bond donors (Lipinski definition) is 3. The number of hydrogen-bond acceptors (Lipinski definition) is 6. The number of urea groups is 1. The van der Waals surface area contributed by atoms with E-state index in [4.69, 9.17) is 5.73 Å². The van der Waals surface area contributed by atoms with Gasteiger partial charge in [-0.2, -0.15) is 0 Å². The van der Waals surface area contributed by atoms with Gasteiger partial charge < -0.3 is 11.1 Å². The lowest BCUT2D eigenvalue weighted by atomic mass is 10.0. The van der Waals surface area contributed by atoms with E-state index in [0.29, 0.717) is 11.5 Å². The fourth-order valence-electron chi connectivity index (χ4n) is 2.61. The number of anilines is 3. The zero-order valence-electron chi connectivity index (χ0n) is 13.0. The van der Waals surface area contributed by atoms with Crippen LogP contribution in [-0.2, 0) is 0 Å². The molecule has 0 unspecified atom stereocenters. The average Bonchev–Trinajstić information content (AvgIpc) is 3.26. The molecule has 1 atom stereocenters. The summed E-state index contributed by atoms with van der Waals surface area (Å²) in [5.41, 5.74) is 9.08. The second-order valence-electron chi connectivity index (χ2n) is 5.42. The second kappa shape index (κ2) is 6.33. The first-order chi connectivity index (χ1) is 12.2. The number of benzene rings is 1. The quantitative estimate of drug-likeness (QED) is 0.674. The van der Waals surface area contributed by atoms with Crippen molar-refractivity contribution in [3.8, 4) is 0 Å². The molecule has 0 aliphatic carbocycles. The third-order valence-electron chi connectivity index (χ3n) is 3.80. The molecule has 8 heteroatoms. The number of nitrogen functional groups attached to an aromatic ring is 1. The highest BCUT2D eigenvalue weighted by atomic mass is 32.1. The van der Waals surface area contributed by atoms with Crippen molar-refractivity contribution in [1.29, 1.82) is 0 Å². The third-order valence-corrected chi connectivity index (χ3v) is 4.58. The molecule has 124 valence electrons. The highest BCUT2D eigenvalue weighted by molar-refractivity contribution is 7.14. The van der Waals surface area contributed by atoms with Crippen LogP contribution in [0, 0.1) is 0 Å². The van der Waals surface area contributed by atoms with Gasteiger partial charge in [0.2, 0.25) is 0 Å². The van der Waals surface area contributed by atoms with Crippen LogP contribution in [0.1, 0.15) is 22.9 Å². The molecule has 0 saturated carbocycles. The summed E-state index contributed by atoms with van der Waals surface area (Å²) in [5, 5.41) is 8.27. The first kappa shape index (κ1) is 15.3. The molecule has 4 N–H and O–H groups in total. The Labute approximate surface area is 147 Å². The van der Waals surface area contributed by atoms with Crippen molar-refractivity contribution in [3.63, 3.8) is 0 Å². The number of thiophene rings is 1. The number of aromatic nitrogens is 2. The first-order valence-electron chi connectivity index (χ1n) is 7.56. The predicted molar refractivity (Wildman–Crippen MR) is 99.3 cm³/mol. The number of nitrogens with two attached hydrogens (primary N) is 1. The van der Waals surface area contributed by atoms with E-state index in [9.17, 15) is 4.79 Å². The summed E-state index contributed by atoms with van der Waals surface area (Å²) in [7, 11) is 0.